The standard InChI is InChI=1S/C20H22N2O5/c23-19(21-15-4-5-16-18(13-15)27-12-2-11-25-16)14-6-8-22(9-7-14)20(24)17-3-1-10-26-17/h1,3-5,10,13-14H,2,6-9,11-12H2,(H,21,23). The molecule has 2 aliphatic heterocycles. The number of anilines is 1. The molecule has 0 bridgehead atoms. The van der Waals surface area contributed by atoms with Crippen LogP contribution in [0.2, 0.25) is 0 Å². The van der Waals surface area contributed by atoms with E-state index in [1.807, 2.05) is 12.1 Å². The molecule has 3 heterocycles. The lowest BCUT2D eigenvalue weighted by Crippen LogP contribution is -2.41. The Hall–Kier alpha value is -2.96. The minimum Gasteiger partial charge on any atom is -0.490 e. The molecule has 0 aliphatic carbocycles. The average molecular weight is 370 g/mol. The molecule has 0 atom stereocenters. The molecular formula is C20H22N2O5. The molecule has 27 heavy (non-hydrogen) atoms. The van der Waals surface area contributed by atoms with E-state index in [2.05, 4.69) is 5.32 Å². The van der Waals surface area contributed by atoms with Crippen LogP contribution in [0.4, 0.5) is 5.69 Å². The average Bonchev–Trinajstić information content (AvgIpc) is 3.13. The highest BCUT2D eigenvalue weighted by molar-refractivity contribution is 5.94. The van der Waals surface area contributed by atoms with Crippen LogP contribution in [0.1, 0.15) is 29.8 Å². The number of fused-ring (bicyclic) bond motifs is 1. The molecule has 1 N–H and O–H groups in total. The molecule has 1 saturated heterocycles. The molecule has 142 valence electrons. The second-order valence-electron chi connectivity index (χ2n) is 6.75. The molecule has 1 aromatic carbocycles. The fourth-order valence-corrected chi connectivity index (χ4v) is 3.39. The molecule has 0 spiro atoms. The molecule has 2 amide bonds. The minimum absolute atomic E-state index is 0.0328. The van der Waals surface area contributed by atoms with Crippen LogP contribution in [0.25, 0.3) is 0 Å². The summed E-state index contributed by atoms with van der Waals surface area (Å²) in [6.45, 7) is 2.32. The van der Waals surface area contributed by atoms with Gasteiger partial charge in [0, 0.05) is 37.2 Å². The zero-order valence-corrected chi connectivity index (χ0v) is 15.0. The Morgan fingerprint density at radius 3 is 2.56 bits per heavy atom. The van der Waals surface area contributed by atoms with E-state index in [9.17, 15) is 9.59 Å². The van der Waals surface area contributed by atoms with Gasteiger partial charge in [0.15, 0.2) is 17.3 Å². The number of nitrogens with one attached hydrogen (secondary N) is 1. The highest BCUT2D eigenvalue weighted by atomic mass is 16.5. The van der Waals surface area contributed by atoms with Crippen LogP contribution in [0.5, 0.6) is 11.5 Å². The van der Waals surface area contributed by atoms with E-state index in [0.29, 0.717) is 62.1 Å². The zero-order valence-electron chi connectivity index (χ0n) is 15.0. The number of rotatable bonds is 3. The summed E-state index contributed by atoms with van der Waals surface area (Å²) in [6.07, 6.45) is 3.58. The van der Waals surface area contributed by atoms with Crippen molar-refractivity contribution in [1.82, 2.24) is 4.90 Å². The lowest BCUT2D eigenvalue weighted by atomic mass is 9.95. The molecule has 2 aromatic rings. The first kappa shape index (κ1) is 17.5. The van der Waals surface area contributed by atoms with Gasteiger partial charge in [0.25, 0.3) is 5.91 Å². The van der Waals surface area contributed by atoms with E-state index in [1.54, 1.807) is 23.1 Å². The third-order valence-corrected chi connectivity index (χ3v) is 4.90. The van der Waals surface area contributed by atoms with Crippen LogP contribution < -0.4 is 14.8 Å². The Bertz CT molecular complexity index is 810. The smallest absolute Gasteiger partial charge is 0.289 e. The highest BCUT2D eigenvalue weighted by Crippen LogP contribution is 2.32. The number of likely N-dealkylation sites (tertiary alicyclic amines) is 1. The molecule has 1 fully saturated rings. The van der Waals surface area contributed by atoms with Crippen LogP contribution in [-0.4, -0.2) is 43.0 Å². The highest BCUT2D eigenvalue weighted by Gasteiger charge is 2.29. The van der Waals surface area contributed by atoms with Crippen molar-refractivity contribution in [2.75, 3.05) is 31.6 Å². The van der Waals surface area contributed by atoms with Gasteiger partial charge in [-0.05, 0) is 37.1 Å². The lowest BCUT2D eigenvalue weighted by Gasteiger charge is -2.30. The first-order chi connectivity index (χ1) is 13.2. The van der Waals surface area contributed by atoms with Gasteiger partial charge in [-0.3, -0.25) is 9.59 Å². The van der Waals surface area contributed by atoms with Crippen molar-refractivity contribution in [3.8, 4) is 11.5 Å². The molecule has 2 aliphatic rings. The number of furan rings is 1. The maximum atomic E-state index is 12.6. The summed E-state index contributed by atoms with van der Waals surface area (Å²) < 4.78 is 16.4. The summed E-state index contributed by atoms with van der Waals surface area (Å²) in [5.41, 5.74) is 0.693. The third kappa shape index (κ3) is 3.92. The van der Waals surface area contributed by atoms with E-state index in [1.165, 1.54) is 6.26 Å². The van der Waals surface area contributed by atoms with E-state index in [4.69, 9.17) is 13.9 Å². The Balaban J connectivity index is 1.33. The summed E-state index contributed by atoms with van der Waals surface area (Å²) in [6, 6.07) is 8.80. The fraction of sp³-hybridized carbons (Fsp3) is 0.400. The molecule has 0 radical (unpaired) electrons. The van der Waals surface area contributed by atoms with Crippen LogP contribution >= 0.6 is 0 Å². The van der Waals surface area contributed by atoms with Crippen LogP contribution in [-0.2, 0) is 4.79 Å². The van der Waals surface area contributed by atoms with Crippen molar-refractivity contribution in [3.63, 3.8) is 0 Å². The van der Waals surface area contributed by atoms with E-state index in [0.717, 1.165) is 6.42 Å². The third-order valence-electron chi connectivity index (χ3n) is 4.90. The van der Waals surface area contributed by atoms with Gasteiger partial charge < -0.3 is 24.1 Å². The lowest BCUT2D eigenvalue weighted by molar-refractivity contribution is -0.121. The zero-order chi connectivity index (χ0) is 18.6. The number of piperidine rings is 1. The maximum Gasteiger partial charge on any atom is 0.289 e. The summed E-state index contributed by atoms with van der Waals surface area (Å²) >= 11 is 0. The van der Waals surface area contributed by atoms with Crippen molar-refractivity contribution in [3.05, 3.63) is 42.4 Å². The van der Waals surface area contributed by atoms with Crippen molar-refractivity contribution in [2.45, 2.75) is 19.3 Å². The van der Waals surface area contributed by atoms with Gasteiger partial charge in [0.2, 0.25) is 5.91 Å². The van der Waals surface area contributed by atoms with Gasteiger partial charge in [0.1, 0.15) is 0 Å². The summed E-state index contributed by atoms with van der Waals surface area (Å²) in [5, 5.41) is 2.96. The van der Waals surface area contributed by atoms with Crippen molar-refractivity contribution in [1.29, 1.82) is 0 Å². The molecule has 0 saturated carbocycles. The summed E-state index contributed by atoms with van der Waals surface area (Å²) in [7, 11) is 0. The van der Waals surface area contributed by atoms with Gasteiger partial charge in [-0.1, -0.05) is 0 Å². The molecule has 7 nitrogen and oxygen atoms in total. The largest absolute Gasteiger partial charge is 0.490 e. The van der Waals surface area contributed by atoms with Gasteiger partial charge in [-0.25, -0.2) is 0 Å². The second-order valence-corrected chi connectivity index (χ2v) is 6.75. The predicted octanol–water partition coefficient (Wildman–Crippen LogP) is 2.93. The quantitative estimate of drug-likeness (QED) is 0.898. The number of carbonyl (C=O) groups excluding carboxylic acids is 2. The SMILES string of the molecule is O=C(Nc1ccc2c(c1)OCCCO2)C1CCN(C(=O)c2ccco2)CC1. The Morgan fingerprint density at radius 2 is 1.81 bits per heavy atom. The van der Waals surface area contributed by atoms with Gasteiger partial charge in [-0.15, -0.1) is 0 Å². The summed E-state index contributed by atoms with van der Waals surface area (Å²) in [5.74, 6) is 1.42. The molecule has 0 unspecified atom stereocenters. The van der Waals surface area contributed by atoms with Gasteiger partial charge in [-0.2, -0.15) is 0 Å². The number of amides is 2. The fourth-order valence-electron chi connectivity index (χ4n) is 3.39. The second kappa shape index (κ2) is 7.73. The topological polar surface area (TPSA) is 81.0 Å². The van der Waals surface area contributed by atoms with Crippen LogP contribution in [0, 0.1) is 5.92 Å². The molecular weight excluding hydrogens is 348 g/mol. The minimum atomic E-state index is -0.123. The van der Waals surface area contributed by atoms with E-state index >= 15 is 0 Å². The Labute approximate surface area is 157 Å². The number of hydrogen-bond donors (Lipinski definition) is 1. The van der Waals surface area contributed by atoms with E-state index < -0.39 is 0 Å². The number of ether oxygens (including phenoxy) is 2. The summed E-state index contributed by atoms with van der Waals surface area (Å²) in [4.78, 5) is 26.6. The van der Waals surface area contributed by atoms with Crippen molar-refractivity contribution >= 4 is 17.5 Å². The number of nitrogens with zero attached hydrogens (tertiary/aromatic N) is 1. The predicted molar refractivity (Wildman–Crippen MR) is 98.0 cm³/mol. The Morgan fingerprint density at radius 1 is 1.04 bits per heavy atom. The first-order valence-corrected chi connectivity index (χ1v) is 9.24. The van der Waals surface area contributed by atoms with Crippen molar-refractivity contribution in [2.24, 2.45) is 5.92 Å². The van der Waals surface area contributed by atoms with Crippen LogP contribution in [0.3, 0.4) is 0 Å². The van der Waals surface area contributed by atoms with Gasteiger partial charge in [0.05, 0.1) is 19.5 Å². The number of benzene rings is 1. The van der Waals surface area contributed by atoms with Crippen LogP contribution in [0.15, 0.2) is 41.0 Å². The molecule has 1 aromatic heterocycles. The monoisotopic (exact) mass is 370 g/mol. The number of hydrogen-bond acceptors (Lipinski definition) is 5. The van der Waals surface area contributed by atoms with Crippen molar-refractivity contribution < 1.29 is 23.5 Å². The van der Waals surface area contributed by atoms with Gasteiger partial charge >= 0.3 is 0 Å². The first-order valence-electron chi connectivity index (χ1n) is 9.24. The Kier molecular flexibility index (Phi) is 5.00. The van der Waals surface area contributed by atoms with E-state index in [-0.39, 0.29) is 17.7 Å². The molecule has 4 rings (SSSR count). The normalized spacial score (nSPS) is 17.3. The number of carbonyl (C=O) groups is 2. The molecule has 7 heteroatoms. The maximum absolute atomic E-state index is 12.6.